The van der Waals surface area contributed by atoms with E-state index >= 15 is 0 Å². The van der Waals surface area contributed by atoms with Crippen LogP contribution in [-0.4, -0.2) is 24.0 Å². The smallest absolute Gasteiger partial charge is 0.140 e. The number of Topliss-reactive ketones (excluding diaryl/α,β-unsaturated/α-hetero) is 1. The van der Waals surface area contributed by atoms with Crippen molar-refractivity contribution in [3.63, 3.8) is 0 Å². The highest BCUT2D eigenvalue weighted by Crippen LogP contribution is 2.15. The molecule has 1 atom stereocenters. The van der Waals surface area contributed by atoms with Gasteiger partial charge in [-0.25, -0.2) is 0 Å². The maximum Gasteiger partial charge on any atom is 0.140 e. The second-order valence-electron chi connectivity index (χ2n) is 3.85. The van der Waals surface area contributed by atoms with Gasteiger partial charge in [-0.1, -0.05) is 6.07 Å². The Morgan fingerprint density at radius 1 is 1.47 bits per heavy atom. The molecule has 1 unspecified atom stereocenters. The van der Waals surface area contributed by atoms with Gasteiger partial charge in [0, 0.05) is 24.2 Å². The van der Waals surface area contributed by atoms with Gasteiger partial charge in [-0.2, -0.15) is 0 Å². The van der Waals surface area contributed by atoms with Crippen LogP contribution >= 0.6 is 0 Å². The molecule has 1 fully saturated rings. The summed E-state index contributed by atoms with van der Waals surface area (Å²) in [6.45, 7) is 1.19. The van der Waals surface area contributed by atoms with Gasteiger partial charge >= 0.3 is 0 Å². The number of carbonyl (C=O) groups excluding carboxylic acids is 1. The first-order chi connectivity index (χ1) is 7.36. The summed E-state index contributed by atoms with van der Waals surface area (Å²) in [6.07, 6.45) is 4.08. The molecule has 2 heterocycles. The van der Waals surface area contributed by atoms with Crippen molar-refractivity contribution >= 4 is 5.78 Å². The third kappa shape index (κ3) is 2.86. The lowest BCUT2D eigenvalue weighted by molar-refractivity contribution is -0.130. The highest BCUT2D eigenvalue weighted by molar-refractivity contribution is 5.81. The molecule has 0 amide bonds. The van der Waals surface area contributed by atoms with E-state index < -0.39 is 0 Å². The fourth-order valence-corrected chi connectivity index (χ4v) is 1.81. The molecule has 2 rings (SSSR count). The predicted octanol–water partition coefficient (Wildman–Crippen LogP) is 1.62. The average Bonchev–Trinajstić information content (AvgIpc) is 2.29. The van der Waals surface area contributed by atoms with E-state index in [1.165, 1.54) is 0 Å². The molecule has 3 heteroatoms. The van der Waals surface area contributed by atoms with Gasteiger partial charge in [0.05, 0.1) is 13.2 Å². The summed E-state index contributed by atoms with van der Waals surface area (Å²) < 4.78 is 5.30. The van der Waals surface area contributed by atoms with Crippen molar-refractivity contribution in [3.8, 4) is 0 Å². The van der Waals surface area contributed by atoms with E-state index in [1.54, 1.807) is 6.20 Å². The van der Waals surface area contributed by atoms with Gasteiger partial charge in [-0.3, -0.25) is 9.78 Å². The molecule has 1 aliphatic rings. The predicted molar refractivity (Wildman–Crippen MR) is 56.5 cm³/mol. The summed E-state index contributed by atoms with van der Waals surface area (Å²) in [5.74, 6) is 0.429. The molecule has 0 saturated carbocycles. The van der Waals surface area contributed by atoms with Crippen LogP contribution in [-0.2, 0) is 16.0 Å². The number of ketones is 1. The second kappa shape index (κ2) is 5.03. The van der Waals surface area contributed by atoms with Crippen LogP contribution in [0.1, 0.15) is 18.5 Å². The summed E-state index contributed by atoms with van der Waals surface area (Å²) >= 11 is 0. The molecule has 0 bridgehead atoms. The molecule has 3 nitrogen and oxygen atoms in total. The fraction of sp³-hybridized carbons (Fsp3) is 0.500. The Hall–Kier alpha value is -1.22. The number of hydrogen-bond donors (Lipinski definition) is 0. The van der Waals surface area contributed by atoms with Crippen molar-refractivity contribution in [1.29, 1.82) is 0 Å². The highest BCUT2D eigenvalue weighted by atomic mass is 16.5. The van der Waals surface area contributed by atoms with Crippen molar-refractivity contribution in [3.05, 3.63) is 30.1 Å². The van der Waals surface area contributed by atoms with Gasteiger partial charge in [0.1, 0.15) is 5.78 Å². The van der Waals surface area contributed by atoms with Crippen molar-refractivity contribution in [1.82, 2.24) is 4.98 Å². The van der Waals surface area contributed by atoms with Crippen LogP contribution < -0.4 is 0 Å². The van der Waals surface area contributed by atoms with Gasteiger partial charge in [0.2, 0.25) is 0 Å². The zero-order valence-electron chi connectivity index (χ0n) is 8.69. The van der Waals surface area contributed by atoms with E-state index in [9.17, 15) is 4.79 Å². The normalized spacial score (nSPS) is 21.6. The van der Waals surface area contributed by atoms with E-state index in [1.807, 2.05) is 18.2 Å². The number of aromatic nitrogens is 1. The van der Waals surface area contributed by atoms with Crippen LogP contribution in [0.2, 0.25) is 0 Å². The lowest BCUT2D eigenvalue weighted by Crippen LogP contribution is -2.27. The molecule has 1 saturated heterocycles. The van der Waals surface area contributed by atoms with Crippen LogP contribution in [0.15, 0.2) is 24.4 Å². The van der Waals surface area contributed by atoms with E-state index in [4.69, 9.17) is 4.74 Å². The summed E-state index contributed by atoms with van der Waals surface area (Å²) in [4.78, 5) is 15.8. The Morgan fingerprint density at radius 2 is 2.40 bits per heavy atom. The summed E-state index contributed by atoms with van der Waals surface area (Å²) in [7, 11) is 0. The molecule has 0 spiro atoms. The molecule has 0 radical (unpaired) electrons. The van der Waals surface area contributed by atoms with Gasteiger partial charge in [0.25, 0.3) is 0 Å². The minimum atomic E-state index is 0.0840. The lowest BCUT2D eigenvalue weighted by atomic mass is 9.94. The van der Waals surface area contributed by atoms with Crippen LogP contribution in [0.25, 0.3) is 0 Å². The molecular weight excluding hydrogens is 190 g/mol. The number of rotatable bonds is 3. The Labute approximate surface area is 89.5 Å². The summed E-state index contributed by atoms with van der Waals surface area (Å²) in [5.41, 5.74) is 1.05. The van der Waals surface area contributed by atoms with E-state index in [0.717, 1.165) is 18.5 Å². The van der Waals surface area contributed by atoms with Crippen molar-refractivity contribution < 1.29 is 9.53 Å². The van der Waals surface area contributed by atoms with Crippen molar-refractivity contribution in [2.75, 3.05) is 13.2 Å². The zero-order valence-corrected chi connectivity index (χ0v) is 8.69. The number of nitrogens with zero attached hydrogens (tertiary/aromatic N) is 1. The minimum absolute atomic E-state index is 0.0840. The van der Waals surface area contributed by atoms with E-state index in [0.29, 0.717) is 25.4 Å². The standard InChI is InChI=1S/C12H15NO2/c14-12-6-8-15-9-10(12)4-5-11-3-1-2-7-13-11/h1-3,7,10H,4-6,8-9H2. The Kier molecular flexibility index (Phi) is 3.45. The Balaban J connectivity index is 1.85. The highest BCUT2D eigenvalue weighted by Gasteiger charge is 2.22. The maximum absolute atomic E-state index is 11.5. The molecule has 1 aromatic heterocycles. The SMILES string of the molecule is O=C1CCOCC1CCc1ccccn1. The quantitative estimate of drug-likeness (QED) is 0.752. The molecule has 1 aromatic rings. The Bertz CT molecular complexity index is 324. The molecule has 0 aromatic carbocycles. The number of hydrogen-bond acceptors (Lipinski definition) is 3. The third-order valence-corrected chi connectivity index (χ3v) is 2.74. The molecule has 80 valence electrons. The van der Waals surface area contributed by atoms with Crippen LogP contribution in [0.3, 0.4) is 0 Å². The first kappa shape index (κ1) is 10.3. The fourth-order valence-electron chi connectivity index (χ4n) is 1.81. The van der Waals surface area contributed by atoms with Gasteiger partial charge < -0.3 is 4.74 Å². The molecule has 0 N–H and O–H groups in total. The number of pyridine rings is 1. The van der Waals surface area contributed by atoms with Gasteiger partial charge in [-0.05, 0) is 25.0 Å². The van der Waals surface area contributed by atoms with Crippen LogP contribution in [0.5, 0.6) is 0 Å². The summed E-state index contributed by atoms with van der Waals surface area (Å²) in [6, 6.07) is 5.87. The van der Waals surface area contributed by atoms with E-state index in [-0.39, 0.29) is 5.92 Å². The van der Waals surface area contributed by atoms with Crippen LogP contribution in [0, 0.1) is 5.92 Å². The maximum atomic E-state index is 11.5. The first-order valence-corrected chi connectivity index (χ1v) is 5.36. The third-order valence-electron chi connectivity index (χ3n) is 2.74. The lowest BCUT2D eigenvalue weighted by Gasteiger charge is -2.20. The second-order valence-corrected chi connectivity index (χ2v) is 3.85. The minimum Gasteiger partial charge on any atom is -0.380 e. The van der Waals surface area contributed by atoms with Crippen molar-refractivity contribution in [2.45, 2.75) is 19.3 Å². The first-order valence-electron chi connectivity index (χ1n) is 5.36. The van der Waals surface area contributed by atoms with Crippen LogP contribution in [0.4, 0.5) is 0 Å². The molecule has 0 aliphatic carbocycles. The summed E-state index contributed by atoms with van der Waals surface area (Å²) in [5, 5.41) is 0. The van der Waals surface area contributed by atoms with E-state index in [2.05, 4.69) is 4.98 Å². The molecule has 1 aliphatic heterocycles. The number of carbonyl (C=O) groups is 1. The Morgan fingerprint density at radius 3 is 3.13 bits per heavy atom. The topological polar surface area (TPSA) is 39.2 Å². The monoisotopic (exact) mass is 205 g/mol. The zero-order chi connectivity index (χ0) is 10.5. The van der Waals surface area contributed by atoms with Gasteiger partial charge in [0.15, 0.2) is 0 Å². The largest absolute Gasteiger partial charge is 0.380 e. The molecular formula is C12H15NO2. The number of ether oxygens (including phenoxy) is 1. The van der Waals surface area contributed by atoms with Gasteiger partial charge in [-0.15, -0.1) is 0 Å². The molecule has 15 heavy (non-hydrogen) atoms. The average molecular weight is 205 g/mol. The number of aryl methyl sites for hydroxylation is 1. The van der Waals surface area contributed by atoms with Crippen molar-refractivity contribution in [2.24, 2.45) is 5.92 Å².